The maximum absolute atomic E-state index is 12.2. The van der Waals surface area contributed by atoms with Crippen LogP contribution in [-0.4, -0.2) is 58.6 Å². The fourth-order valence-electron chi connectivity index (χ4n) is 2.09. The molecule has 0 aromatic heterocycles. The molecule has 0 aromatic rings. The van der Waals surface area contributed by atoms with Crippen LogP contribution < -0.4 is 0 Å². The lowest BCUT2D eigenvalue weighted by Gasteiger charge is -2.30. The summed E-state index contributed by atoms with van der Waals surface area (Å²) in [6.45, 7) is 9.66. The molecule has 1 N–H and O–H groups in total. The van der Waals surface area contributed by atoms with Gasteiger partial charge in [0.1, 0.15) is 0 Å². The minimum Gasteiger partial charge on any atom is -0.392 e. The second-order valence-corrected chi connectivity index (χ2v) is 5.28. The molecule has 0 heterocycles. The van der Waals surface area contributed by atoms with E-state index in [9.17, 15) is 9.90 Å². The number of aliphatic hydroxyl groups is 1. The Morgan fingerprint density at radius 1 is 1.35 bits per heavy atom. The summed E-state index contributed by atoms with van der Waals surface area (Å²) >= 11 is 0. The topological polar surface area (TPSA) is 43.8 Å². The maximum atomic E-state index is 12.2. The van der Waals surface area contributed by atoms with Gasteiger partial charge in [-0.3, -0.25) is 9.69 Å². The summed E-state index contributed by atoms with van der Waals surface area (Å²) in [6.07, 6.45) is 1.98. The van der Waals surface area contributed by atoms with Crippen molar-refractivity contribution in [2.24, 2.45) is 0 Å². The van der Waals surface area contributed by atoms with Gasteiger partial charge in [0.2, 0.25) is 5.91 Å². The Kier molecular flexibility index (Phi) is 5.40. The summed E-state index contributed by atoms with van der Waals surface area (Å²) in [4.78, 5) is 16.2. The Bertz CT molecular complexity index is 250. The zero-order valence-corrected chi connectivity index (χ0v) is 11.5. The average molecular weight is 242 g/mol. The van der Waals surface area contributed by atoms with Crippen LogP contribution in [0.2, 0.25) is 0 Å². The number of likely N-dealkylation sites (N-methyl/N-ethyl adjacent to an activating group) is 1. The normalized spacial score (nSPS) is 17.6. The first kappa shape index (κ1) is 14.5. The minimum atomic E-state index is -0.461. The highest BCUT2D eigenvalue weighted by Gasteiger charge is 2.30. The average Bonchev–Trinajstić information content (AvgIpc) is 3.05. The van der Waals surface area contributed by atoms with Gasteiger partial charge in [0, 0.05) is 18.6 Å². The molecule has 0 aliphatic heterocycles. The zero-order valence-electron chi connectivity index (χ0n) is 11.5. The van der Waals surface area contributed by atoms with E-state index in [4.69, 9.17) is 0 Å². The SMILES string of the molecule is CCN(CC(=O)N(CC(C)O)C(C)C)C1CC1. The van der Waals surface area contributed by atoms with Crippen LogP contribution in [-0.2, 0) is 4.79 Å². The highest BCUT2D eigenvalue weighted by molar-refractivity contribution is 5.78. The Morgan fingerprint density at radius 3 is 2.29 bits per heavy atom. The lowest BCUT2D eigenvalue weighted by Crippen LogP contribution is -2.46. The zero-order chi connectivity index (χ0) is 13.0. The van der Waals surface area contributed by atoms with Crippen molar-refractivity contribution in [2.75, 3.05) is 19.6 Å². The van der Waals surface area contributed by atoms with Crippen LogP contribution in [0.4, 0.5) is 0 Å². The summed E-state index contributed by atoms with van der Waals surface area (Å²) < 4.78 is 0. The number of rotatable bonds is 7. The lowest BCUT2D eigenvalue weighted by molar-refractivity contribution is -0.135. The largest absolute Gasteiger partial charge is 0.392 e. The van der Waals surface area contributed by atoms with Crippen LogP contribution in [0.15, 0.2) is 0 Å². The summed E-state index contributed by atoms with van der Waals surface area (Å²) in [5.74, 6) is 0.134. The van der Waals surface area contributed by atoms with E-state index in [1.807, 2.05) is 13.8 Å². The highest BCUT2D eigenvalue weighted by atomic mass is 16.3. The first-order valence-corrected chi connectivity index (χ1v) is 6.67. The van der Waals surface area contributed by atoms with Gasteiger partial charge in [-0.05, 0) is 40.2 Å². The molecule has 1 fully saturated rings. The Labute approximate surface area is 105 Å². The van der Waals surface area contributed by atoms with Crippen molar-refractivity contribution in [1.29, 1.82) is 0 Å². The van der Waals surface area contributed by atoms with Gasteiger partial charge in [-0.15, -0.1) is 0 Å². The molecule has 100 valence electrons. The van der Waals surface area contributed by atoms with Gasteiger partial charge in [-0.1, -0.05) is 6.92 Å². The van der Waals surface area contributed by atoms with Crippen LogP contribution >= 0.6 is 0 Å². The van der Waals surface area contributed by atoms with Crippen LogP contribution in [0, 0.1) is 0 Å². The predicted octanol–water partition coefficient (Wildman–Crippen LogP) is 1.09. The van der Waals surface area contributed by atoms with Gasteiger partial charge in [-0.2, -0.15) is 0 Å². The standard InChI is InChI=1S/C13H26N2O2/c1-5-14(12-6-7-12)9-13(17)15(10(2)3)8-11(4)16/h10-12,16H,5-9H2,1-4H3. The maximum Gasteiger partial charge on any atom is 0.237 e. The van der Waals surface area contributed by atoms with Crippen molar-refractivity contribution < 1.29 is 9.90 Å². The molecule has 1 amide bonds. The fourth-order valence-corrected chi connectivity index (χ4v) is 2.09. The highest BCUT2D eigenvalue weighted by Crippen LogP contribution is 2.26. The molecule has 1 saturated carbocycles. The number of hydrogen-bond acceptors (Lipinski definition) is 3. The predicted molar refractivity (Wildman–Crippen MR) is 68.8 cm³/mol. The van der Waals surface area contributed by atoms with E-state index in [0.29, 0.717) is 19.1 Å². The molecule has 0 bridgehead atoms. The Hall–Kier alpha value is -0.610. The van der Waals surface area contributed by atoms with Crippen molar-refractivity contribution in [2.45, 2.75) is 58.7 Å². The molecule has 17 heavy (non-hydrogen) atoms. The third kappa shape index (κ3) is 4.64. The third-order valence-corrected chi connectivity index (χ3v) is 3.21. The van der Waals surface area contributed by atoms with Crippen LogP contribution in [0.1, 0.15) is 40.5 Å². The number of nitrogens with zero attached hydrogens (tertiary/aromatic N) is 2. The second-order valence-electron chi connectivity index (χ2n) is 5.28. The molecule has 0 spiro atoms. The lowest BCUT2D eigenvalue weighted by atomic mass is 10.2. The van der Waals surface area contributed by atoms with E-state index in [2.05, 4.69) is 11.8 Å². The van der Waals surface area contributed by atoms with Gasteiger partial charge in [-0.25, -0.2) is 0 Å². The second kappa shape index (κ2) is 6.36. The minimum absolute atomic E-state index is 0.134. The molecule has 1 rings (SSSR count). The monoisotopic (exact) mass is 242 g/mol. The molecular formula is C13H26N2O2. The van der Waals surface area contributed by atoms with E-state index in [0.717, 1.165) is 6.54 Å². The van der Waals surface area contributed by atoms with Crippen molar-refractivity contribution in [3.63, 3.8) is 0 Å². The fraction of sp³-hybridized carbons (Fsp3) is 0.923. The van der Waals surface area contributed by atoms with E-state index in [-0.39, 0.29) is 11.9 Å². The summed E-state index contributed by atoms with van der Waals surface area (Å²) in [6, 6.07) is 0.763. The third-order valence-electron chi connectivity index (χ3n) is 3.21. The molecular weight excluding hydrogens is 216 g/mol. The van der Waals surface area contributed by atoms with Gasteiger partial charge in [0.05, 0.1) is 12.6 Å². The molecule has 4 nitrogen and oxygen atoms in total. The number of aliphatic hydroxyl groups excluding tert-OH is 1. The number of carbonyl (C=O) groups is 1. The number of carbonyl (C=O) groups excluding carboxylic acids is 1. The van der Waals surface area contributed by atoms with Crippen LogP contribution in [0.5, 0.6) is 0 Å². The molecule has 4 heteroatoms. The van der Waals surface area contributed by atoms with Gasteiger partial charge >= 0.3 is 0 Å². The number of hydrogen-bond donors (Lipinski definition) is 1. The molecule has 1 atom stereocenters. The van der Waals surface area contributed by atoms with E-state index >= 15 is 0 Å². The molecule has 1 unspecified atom stereocenters. The van der Waals surface area contributed by atoms with Gasteiger partial charge < -0.3 is 10.0 Å². The van der Waals surface area contributed by atoms with E-state index in [1.165, 1.54) is 12.8 Å². The van der Waals surface area contributed by atoms with Crippen molar-refractivity contribution >= 4 is 5.91 Å². The smallest absolute Gasteiger partial charge is 0.237 e. The van der Waals surface area contributed by atoms with Gasteiger partial charge in [0.25, 0.3) is 0 Å². The van der Waals surface area contributed by atoms with Crippen LogP contribution in [0.25, 0.3) is 0 Å². The quantitative estimate of drug-likeness (QED) is 0.727. The molecule has 0 radical (unpaired) electrons. The molecule has 1 aliphatic rings. The summed E-state index contributed by atoms with van der Waals surface area (Å²) in [5.41, 5.74) is 0. The number of amides is 1. The molecule has 1 aliphatic carbocycles. The first-order chi connectivity index (χ1) is 7.95. The van der Waals surface area contributed by atoms with Crippen molar-refractivity contribution in [1.82, 2.24) is 9.80 Å². The van der Waals surface area contributed by atoms with Crippen molar-refractivity contribution in [3.8, 4) is 0 Å². The molecule has 0 aromatic carbocycles. The van der Waals surface area contributed by atoms with Crippen molar-refractivity contribution in [3.05, 3.63) is 0 Å². The summed E-state index contributed by atoms with van der Waals surface area (Å²) in [5, 5.41) is 9.43. The van der Waals surface area contributed by atoms with Crippen LogP contribution in [0.3, 0.4) is 0 Å². The first-order valence-electron chi connectivity index (χ1n) is 6.67. The van der Waals surface area contributed by atoms with Gasteiger partial charge in [0.15, 0.2) is 0 Å². The van der Waals surface area contributed by atoms with E-state index < -0.39 is 6.10 Å². The molecule has 0 saturated heterocycles. The Balaban J connectivity index is 2.51. The van der Waals surface area contributed by atoms with E-state index in [1.54, 1.807) is 11.8 Å². The summed E-state index contributed by atoms with van der Waals surface area (Å²) in [7, 11) is 0. The Morgan fingerprint density at radius 2 is 1.94 bits per heavy atom.